The maximum Gasteiger partial charge on any atom is 0.311 e. The lowest BCUT2D eigenvalue weighted by molar-refractivity contribution is -0.160. The van der Waals surface area contributed by atoms with Gasteiger partial charge in [-0.15, -0.1) is 0 Å². The van der Waals surface area contributed by atoms with Crippen molar-refractivity contribution in [1.29, 1.82) is 0 Å². The molecule has 1 atom stereocenters. The molecule has 4 aliphatic carbocycles. The van der Waals surface area contributed by atoms with Crippen LogP contribution in [0.2, 0.25) is 0 Å². The second-order valence-corrected chi connectivity index (χ2v) is 6.82. The van der Waals surface area contributed by atoms with Crippen LogP contribution in [0.4, 0.5) is 0 Å². The molecule has 4 rings (SSSR count). The van der Waals surface area contributed by atoms with E-state index in [-0.39, 0.29) is 11.9 Å². The first-order valence-electron chi connectivity index (χ1n) is 7.88. The highest BCUT2D eigenvalue weighted by Crippen LogP contribution is 2.58. The number of carbonyl (C=O) groups excluding carboxylic acids is 1. The molecule has 0 saturated heterocycles. The molecule has 0 spiro atoms. The Bertz CT molecular complexity index is 311. The number of hydrogen-bond acceptors (Lipinski definition) is 3. The molecular formula is C16H26O3. The van der Waals surface area contributed by atoms with E-state index in [1.165, 1.54) is 32.1 Å². The Kier molecular flexibility index (Phi) is 3.84. The standard InChI is InChI=1S/C16H26O3/c1-3-19-16(17)14(9-18-2)15-12-5-10-4-11(7-12)8-13(15)6-10/h10-15H,3-9H2,1-2H3. The minimum Gasteiger partial charge on any atom is -0.466 e. The highest BCUT2D eigenvalue weighted by molar-refractivity contribution is 5.73. The third-order valence-corrected chi connectivity index (χ3v) is 5.70. The molecule has 0 aliphatic heterocycles. The van der Waals surface area contributed by atoms with Crippen LogP contribution in [-0.4, -0.2) is 26.3 Å². The summed E-state index contributed by atoms with van der Waals surface area (Å²) >= 11 is 0. The van der Waals surface area contributed by atoms with E-state index >= 15 is 0 Å². The molecule has 4 aliphatic rings. The van der Waals surface area contributed by atoms with Gasteiger partial charge < -0.3 is 9.47 Å². The number of methoxy groups -OCH3 is 1. The zero-order valence-corrected chi connectivity index (χ0v) is 12.1. The molecule has 0 N–H and O–H groups in total. The molecule has 3 heteroatoms. The topological polar surface area (TPSA) is 35.5 Å². The molecule has 0 aromatic heterocycles. The number of carbonyl (C=O) groups is 1. The van der Waals surface area contributed by atoms with Gasteiger partial charge in [-0.05, 0) is 68.6 Å². The molecule has 0 heterocycles. The van der Waals surface area contributed by atoms with Gasteiger partial charge in [0.1, 0.15) is 0 Å². The van der Waals surface area contributed by atoms with Crippen molar-refractivity contribution >= 4 is 5.97 Å². The van der Waals surface area contributed by atoms with Gasteiger partial charge in [0, 0.05) is 7.11 Å². The van der Waals surface area contributed by atoms with Gasteiger partial charge in [-0.3, -0.25) is 4.79 Å². The first kappa shape index (κ1) is 13.4. The second-order valence-electron chi connectivity index (χ2n) is 6.82. The Hall–Kier alpha value is -0.570. The van der Waals surface area contributed by atoms with Crippen LogP contribution in [0.1, 0.15) is 39.0 Å². The van der Waals surface area contributed by atoms with Crippen molar-refractivity contribution in [1.82, 2.24) is 0 Å². The average molecular weight is 266 g/mol. The van der Waals surface area contributed by atoms with Gasteiger partial charge in [-0.1, -0.05) is 0 Å². The van der Waals surface area contributed by atoms with Crippen molar-refractivity contribution < 1.29 is 14.3 Å². The van der Waals surface area contributed by atoms with E-state index in [9.17, 15) is 4.79 Å². The van der Waals surface area contributed by atoms with Gasteiger partial charge in [-0.2, -0.15) is 0 Å². The van der Waals surface area contributed by atoms with Crippen LogP contribution in [-0.2, 0) is 14.3 Å². The summed E-state index contributed by atoms with van der Waals surface area (Å²) in [5.74, 6) is 3.86. The Morgan fingerprint density at radius 1 is 1.11 bits per heavy atom. The maximum atomic E-state index is 12.3. The van der Waals surface area contributed by atoms with Gasteiger partial charge in [0.2, 0.25) is 0 Å². The van der Waals surface area contributed by atoms with E-state index in [4.69, 9.17) is 9.47 Å². The van der Waals surface area contributed by atoms with Crippen LogP contribution < -0.4 is 0 Å². The lowest BCUT2D eigenvalue weighted by Gasteiger charge is -2.55. The van der Waals surface area contributed by atoms with Crippen molar-refractivity contribution in [2.75, 3.05) is 20.3 Å². The predicted molar refractivity (Wildman–Crippen MR) is 72.5 cm³/mol. The molecule has 4 fully saturated rings. The Morgan fingerprint density at radius 2 is 1.68 bits per heavy atom. The van der Waals surface area contributed by atoms with Gasteiger partial charge in [-0.25, -0.2) is 0 Å². The van der Waals surface area contributed by atoms with E-state index in [1.807, 2.05) is 6.92 Å². The Labute approximate surface area is 116 Å². The smallest absolute Gasteiger partial charge is 0.311 e. The number of hydrogen-bond donors (Lipinski definition) is 0. The largest absolute Gasteiger partial charge is 0.466 e. The monoisotopic (exact) mass is 266 g/mol. The highest BCUT2D eigenvalue weighted by Gasteiger charge is 2.52. The molecule has 0 amide bonds. The summed E-state index contributed by atoms with van der Waals surface area (Å²) in [7, 11) is 1.70. The summed E-state index contributed by atoms with van der Waals surface area (Å²) in [6.07, 6.45) is 6.83. The molecular weight excluding hydrogens is 240 g/mol. The summed E-state index contributed by atoms with van der Waals surface area (Å²) in [6.45, 7) is 2.90. The van der Waals surface area contributed by atoms with Crippen molar-refractivity contribution in [2.24, 2.45) is 35.5 Å². The number of ether oxygens (including phenoxy) is 2. The van der Waals surface area contributed by atoms with Gasteiger partial charge >= 0.3 is 5.97 Å². The molecule has 1 unspecified atom stereocenters. The molecule has 4 saturated carbocycles. The predicted octanol–water partition coefficient (Wildman–Crippen LogP) is 2.88. The van der Waals surface area contributed by atoms with E-state index in [0.29, 0.717) is 19.1 Å². The van der Waals surface area contributed by atoms with Crippen LogP contribution in [0.3, 0.4) is 0 Å². The zero-order chi connectivity index (χ0) is 13.4. The molecule has 108 valence electrons. The maximum absolute atomic E-state index is 12.3. The summed E-state index contributed by atoms with van der Waals surface area (Å²) in [5.41, 5.74) is 0. The minimum atomic E-state index is -0.0278. The van der Waals surface area contributed by atoms with Crippen LogP contribution in [0.15, 0.2) is 0 Å². The third kappa shape index (κ3) is 2.42. The molecule has 0 aromatic rings. The van der Waals surface area contributed by atoms with Crippen molar-refractivity contribution in [3.8, 4) is 0 Å². The molecule has 0 aromatic carbocycles. The summed E-state index contributed by atoms with van der Waals surface area (Å²) in [6, 6.07) is 0. The number of esters is 1. The fraction of sp³-hybridized carbons (Fsp3) is 0.938. The second kappa shape index (κ2) is 5.43. The molecule has 3 nitrogen and oxygen atoms in total. The van der Waals surface area contributed by atoms with Gasteiger partial charge in [0.25, 0.3) is 0 Å². The Balaban J connectivity index is 1.76. The summed E-state index contributed by atoms with van der Waals surface area (Å²) in [5, 5.41) is 0. The first-order chi connectivity index (χ1) is 9.22. The van der Waals surface area contributed by atoms with Crippen LogP contribution in [0, 0.1) is 35.5 Å². The van der Waals surface area contributed by atoms with E-state index in [1.54, 1.807) is 7.11 Å². The summed E-state index contributed by atoms with van der Waals surface area (Å²) < 4.78 is 10.6. The minimum absolute atomic E-state index is 0.0261. The lowest BCUT2D eigenvalue weighted by atomic mass is 9.49. The highest BCUT2D eigenvalue weighted by atomic mass is 16.5. The van der Waals surface area contributed by atoms with Crippen LogP contribution >= 0.6 is 0 Å². The molecule has 4 bridgehead atoms. The first-order valence-corrected chi connectivity index (χ1v) is 7.88. The quantitative estimate of drug-likeness (QED) is 0.718. The van der Waals surface area contributed by atoms with Crippen molar-refractivity contribution in [3.05, 3.63) is 0 Å². The number of rotatable bonds is 5. The van der Waals surface area contributed by atoms with Gasteiger partial charge in [0.15, 0.2) is 0 Å². The average Bonchev–Trinajstić information content (AvgIpc) is 2.36. The van der Waals surface area contributed by atoms with Gasteiger partial charge in [0.05, 0.1) is 19.1 Å². The van der Waals surface area contributed by atoms with Crippen molar-refractivity contribution in [2.45, 2.75) is 39.0 Å². The van der Waals surface area contributed by atoms with E-state index in [2.05, 4.69) is 0 Å². The van der Waals surface area contributed by atoms with Crippen LogP contribution in [0.25, 0.3) is 0 Å². The molecule has 0 radical (unpaired) electrons. The Morgan fingerprint density at radius 3 is 2.16 bits per heavy atom. The lowest BCUT2D eigenvalue weighted by Crippen LogP contribution is -2.50. The SMILES string of the molecule is CCOC(=O)C(COC)C1C2CC3CC(C2)CC1C3. The fourth-order valence-electron chi connectivity index (χ4n) is 5.39. The molecule has 19 heavy (non-hydrogen) atoms. The fourth-order valence-corrected chi connectivity index (χ4v) is 5.39. The van der Waals surface area contributed by atoms with Crippen LogP contribution in [0.5, 0.6) is 0 Å². The normalized spacial score (nSPS) is 41.3. The summed E-state index contributed by atoms with van der Waals surface area (Å²) in [4.78, 5) is 12.3. The third-order valence-electron chi connectivity index (χ3n) is 5.70. The van der Waals surface area contributed by atoms with E-state index < -0.39 is 0 Å². The zero-order valence-electron chi connectivity index (χ0n) is 12.1. The van der Waals surface area contributed by atoms with Crippen molar-refractivity contribution in [3.63, 3.8) is 0 Å². The van der Waals surface area contributed by atoms with E-state index in [0.717, 1.165) is 23.7 Å².